The van der Waals surface area contributed by atoms with E-state index in [1.807, 2.05) is 51.2 Å². The Morgan fingerprint density at radius 3 is 1.78 bits per heavy atom. The third-order valence-corrected chi connectivity index (χ3v) is 13.6. The number of ether oxygens (including phenoxy) is 1. The van der Waals surface area contributed by atoms with Gasteiger partial charge in [-0.2, -0.15) is 9.97 Å². The summed E-state index contributed by atoms with van der Waals surface area (Å²) in [6.07, 6.45) is 20.0. The highest BCUT2D eigenvalue weighted by molar-refractivity contribution is 6.28. The first-order valence-electron chi connectivity index (χ1n) is 25.1. The molecule has 0 radical (unpaired) electrons. The van der Waals surface area contributed by atoms with Gasteiger partial charge in [-0.05, 0) is 124 Å². The molecular weight excluding hydrogens is 970 g/mol. The highest BCUT2D eigenvalue weighted by Gasteiger charge is 2.33. The molecule has 6 aromatic rings. The van der Waals surface area contributed by atoms with Gasteiger partial charge < -0.3 is 44.9 Å². The number of fused-ring (bicyclic) bond motifs is 2. The molecule has 74 heavy (non-hydrogen) atoms. The summed E-state index contributed by atoms with van der Waals surface area (Å²) >= 11 is 5.85. The first-order chi connectivity index (χ1) is 35.4. The molecule has 21 heteroatoms. The summed E-state index contributed by atoms with van der Waals surface area (Å²) in [6.45, 7) is 8.68. The zero-order valence-electron chi connectivity index (χ0n) is 43.1. The first-order valence-corrected chi connectivity index (χ1v) is 25.5. The average Bonchev–Trinajstić information content (AvgIpc) is 4.21. The van der Waals surface area contributed by atoms with E-state index in [2.05, 4.69) is 46.6 Å². The van der Waals surface area contributed by atoms with Crippen molar-refractivity contribution >= 4 is 80.3 Å². The van der Waals surface area contributed by atoms with Crippen LogP contribution in [0.15, 0.2) is 61.2 Å². The lowest BCUT2D eigenvalue weighted by Gasteiger charge is -2.29. The van der Waals surface area contributed by atoms with Crippen molar-refractivity contribution in [1.82, 2.24) is 59.1 Å². The van der Waals surface area contributed by atoms with Gasteiger partial charge in [0.1, 0.15) is 39.9 Å². The number of anilines is 3. The molecule has 6 aromatic heterocycles. The summed E-state index contributed by atoms with van der Waals surface area (Å²) < 4.78 is 38.9. The summed E-state index contributed by atoms with van der Waals surface area (Å²) in [5.74, 6) is -0.404. The zero-order chi connectivity index (χ0) is 52.8. The number of carbonyl (C=O) groups excluding carboxylic acids is 3. The van der Waals surface area contributed by atoms with Crippen LogP contribution in [0.3, 0.4) is 0 Å². The minimum Gasteiger partial charge on any atom is -0.444 e. The van der Waals surface area contributed by atoms with Crippen LogP contribution in [0, 0.1) is 11.6 Å². The Bertz CT molecular complexity index is 3060. The minimum atomic E-state index is -0.563. The van der Waals surface area contributed by atoms with Crippen molar-refractivity contribution in [2.24, 2.45) is 0 Å². The van der Waals surface area contributed by atoms with Crippen LogP contribution in [0.25, 0.3) is 33.2 Å². The van der Waals surface area contributed by atoms with Gasteiger partial charge in [-0.1, -0.05) is 37.8 Å². The Labute approximate surface area is 434 Å². The number of pyridine rings is 2. The molecule has 0 spiro atoms. The molecule has 18 nitrogen and oxygen atoms in total. The van der Waals surface area contributed by atoms with Gasteiger partial charge in [0, 0.05) is 84.7 Å². The Hall–Kier alpha value is -7.06. The van der Waals surface area contributed by atoms with E-state index in [0.29, 0.717) is 42.0 Å². The topological polar surface area (TPSA) is 207 Å². The lowest BCUT2D eigenvalue weighted by atomic mass is 10.0. The molecule has 2 aliphatic carbocycles. The van der Waals surface area contributed by atoms with Gasteiger partial charge in [-0.3, -0.25) is 9.59 Å². The lowest BCUT2D eigenvalue weighted by Crippen LogP contribution is -2.39. The number of hydrogen-bond acceptors (Lipinski definition) is 13. The van der Waals surface area contributed by atoms with Crippen LogP contribution in [0.1, 0.15) is 129 Å². The van der Waals surface area contributed by atoms with Crippen molar-refractivity contribution in [3.8, 4) is 0 Å². The van der Waals surface area contributed by atoms with Crippen LogP contribution in [0.5, 0.6) is 0 Å². The van der Waals surface area contributed by atoms with Crippen molar-refractivity contribution in [1.29, 1.82) is 0 Å². The third kappa shape index (κ3) is 12.1. The van der Waals surface area contributed by atoms with Gasteiger partial charge >= 0.3 is 6.09 Å². The Kier molecular flexibility index (Phi) is 16.6. The maximum atomic E-state index is 15.3. The fourth-order valence-electron chi connectivity index (χ4n) is 9.67. The number of halogens is 3. The summed E-state index contributed by atoms with van der Waals surface area (Å²) in [6, 6.07) is 7.80. The van der Waals surface area contributed by atoms with Crippen molar-refractivity contribution in [2.75, 3.05) is 65.4 Å². The standard InChI is InChI=1S/C24H28FN7O.C15H21N3O2.C14H16ClFN4O/c1-31(2)23(33)21-20(25)18-14-28-24(30-22(18)32(21)17-5-3-4-6-17)29-19-8-7-16(13-27-19)15-9-11-26-12-10-15;1-15(2,3)20-14(19)18-8-6-11(7-9-18)12-4-5-13(16)17-10-12;1-19(2)13(21)11-10(16)9-7-17-14(15)18-12(9)20(11)8-5-3-4-6-8/h7-9,13-14,17,26H,3-6,10-12H2,1-2H3,(H,27,28,29,30);4-6,10H,7-9H2,1-3H3,(H2,16,17);7-8H,3-6H2,1-2H3. The van der Waals surface area contributed by atoms with E-state index in [0.717, 1.165) is 88.4 Å². The number of hydrogen-bond donors (Lipinski definition) is 3. The monoisotopic (exact) mass is 1030 g/mol. The molecule has 2 fully saturated rings. The van der Waals surface area contributed by atoms with Crippen molar-refractivity contribution < 1.29 is 27.9 Å². The predicted molar refractivity (Wildman–Crippen MR) is 283 cm³/mol. The second kappa shape index (κ2) is 23.0. The molecule has 3 amide bonds. The summed E-state index contributed by atoms with van der Waals surface area (Å²) in [4.78, 5) is 67.1. The number of nitrogens with zero attached hydrogens (tertiary/aromatic N) is 11. The number of nitrogens with two attached hydrogens (primary N) is 1. The molecular formula is C53H65ClF2N14O4. The molecule has 0 bridgehead atoms. The molecule has 4 aliphatic rings. The van der Waals surface area contributed by atoms with Gasteiger partial charge in [0.2, 0.25) is 11.2 Å². The Morgan fingerprint density at radius 2 is 1.30 bits per heavy atom. The Morgan fingerprint density at radius 1 is 0.743 bits per heavy atom. The van der Waals surface area contributed by atoms with Crippen LogP contribution in [-0.2, 0) is 4.74 Å². The maximum absolute atomic E-state index is 15.3. The second-order valence-electron chi connectivity index (χ2n) is 20.3. The minimum absolute atomic E-state index is 0.0503. The van der Waals surface area contributed by atoms with E-state index in [1.54, 1.807) is 54.5 Å². The van der Waals surface area contributed by atoms with Crippen LogP contribution in [0.2, 0.25) is 5.28 Å². The molecule has 0 unspecified atom stereocenters. The average molecular weight is 1040 g/mol. The van der Waals surface area contributed by atoms with Crippen LogP contribution < -0.4 is 16.4 Å². The normalized spacial score (nSPS) is 16.2. The third-order valence-electron chi connectivity index (χ3n) is 13.4. The molecule has 0 atom stereocenters. The summed E-state index contributed by atoms with van der Waals surface area (Å²) in [7, 11) is 6.48. The van der Waals surface area contributed by atoms with Crippen molar-refractivity contribution in [3.63, 3.8) is 0 Å². The highest BCUT2D eigenvalue weighted by atomic mass is 35.5. The molecule has 10 rings (SSSR count). The molecule has 4 N–H and O–H groups in total. The number of nitrogens with one attached hydrogen (secondary N) is 2. The van der Waals surface area contributed by atoms with Gasteiger partial charge in [0.15, 0.2) is 11.6 Å². The predicted octanol–water partition coefficient (Wildman–Crippen LogP) is 9.63. The lowest BCUT2D eigenvalue weighted by molar-refractivity contribution is 0.0270. The maximum Gasteiger partial charge on any atom is 0.410 e. The zero-order valence-corrected chi connectivity index (χ0v) is 43.8. The van der Waals surface area contributed by atoms with Crippen LogP contribution in [-0.4, -0.2) is 132 Å². The number of carbonyl (C=O) groups is 3. The first kappa shape index (κ1) is 53.2. The van der Waals surface area contributed by atoms with Gasteiger partial charge in [-0.15, -0.1) is 0 Å². The molecule has 2 saturated carbocycles. The van der Waals surface area contributed by atoms with E-state index in [1.165, 1.54) is 33.3 Å². The van der Waals surface area contributed by atoms with E-state index >= 15 is 4.39 Å². The molecule has 0 saturated heterocycles. The number of amides is 3. The van der Waals surface area contributed by atoms with E-state index in [4.69, 9.17) is 22.1 Å². The highest BCUT2D eigenvalue weighted by Crippen LogP contribution is 2.38. The molecule has 392 valence electrons. The van der Waals surface area contributed by atoms with Crippen molar-refractivity contribution in [3.05, 3.63) is 101 Å². The number of nitrogen functional groups attached to an aromatic ring is 1. The fraction of sp³-hybridized carbons (Fsp3) is 0.453. The fourth-order valence-corrected chi connectivity index (χ4v) is 9.80. The largest absolute Gasteiger partial charge is 0.444 e. The molecule has 8 heterocycles. The number of aromatic nitrogens is 8. The SMILES string of the molecule is CC(C)(C)OC(=O)N1CC=C(c2ccc(N)nc2)CC1.CN(C)C(=O)c1c(F)c2cnc(Cl)nc2n1C1CCCC1.CN(C)C(=O)c1c(F)c2cnc(Nc3ccc(C4=CCNCC4)cn3)nc2n1C1CCCC1. The summed E-state index contributed by atoms with van der Waals surface area (Å²) in [5, 5.41) is 7.00. The smallest absolute Gasteiger partial charge is 0.410 e. The van der Waals surface area contributed by atoms with E-state index in [-0.39, 0.29) is 57.4 Å². The van der Waals surface area contributed by atoms with E-state index < -0.39 is 17.2 Å². The number of rotatable bonds is 8. The second-order valence-corrected chi connectivity index (χ2v) is 20.6. The van der Waals surface area contributed by atoms with Crippen LogP contribution >= 0.6 is 11.6 Å². The van der Waals surface area contributed by atoms with Crippen molar-refractivity contribution in [2.45, 2.75) is 103 Å². The molecule has 0 aromatic carbocycles. The van der Waals surface area contributed by atoms with Gasteiger partial charge in [0.05, 0.1) is 10.8 Å². The van der Waals surface area contributed by atoms with Gasteiger partial charge in [-0.25, -0.2) is 33.5 Å². The molecule has 2 aliphatic heterocycles. The van der Waals surface area contributed by atoms with Crippen LogP contribution in [0.4, 0.5) is 31.2 Å². The quantitative estimate of drug-likeness (QED) is 0.122. The summed E-state index contributed by atoms with van der Waals surface area (Å²) in [5.41, 5.74) is 10.7. The Balaban J connectivity index is 0.000000155. The van der Waals surface area contributed by atoms with Gasteiger partial charge in [0.25, 0.3) is 11.8 Å². The van der Waals surface area contributed by atoms with E-state index in [9.17, 15) is 18.8 Å².